The second kappa shape index (κ2) is 8.87. The molecule has 2 aromatic carbocycles. The van der Waals surface area contributed by atoms with E-state index in [1.807, 2.05) is 24.3 Å². The van der Waals surface area contributed by atoms with Crippen LogP contribution in [0.15, 0.2) is 42.5 Å². The van der Waals surface area contributed by atoms with Gasteiger partial charge in [-0.2, -0.15) is 0 Å². The molecule has 1 fully saturated rings. The third-order valence-corrected chi connectivity index (χ3v) is 5.19. The van der Waals surface area contributed by atoms with Crippen molar-refractivity contribution >= 4 is 11.6 Å². The predicted octanol–water partition coefficient (Wildman–Crippen LogP) is 4.52. The Morgan fingerprint density at radius 3 is 2.58 bits per heavy atom. The van der Waals surface area contributed by atoms with Gasteiger partial charge in [-0.3, -0.25) is 0 Å². The van der Waals surface area contributed by atoms with Gasteiger partial charge in [-0.05, 0) is 41.3 Å². The predicted molar refractivity (Wildman–Crippen MR) is 102 cm³/mol. The van der Waals surface area contributed by atoms with E-state index < -0.39 is 0 Å². The number of methoxy groups -OCH3 is 2. The van der Waals surface area contributed by atoms with E-state index in [2.05, 4.69) is 6.07 Å². The maximum atomic E-state index is 9.44. The molecule has 4 nitrogen and oxygen atoms in total. The number of aromatic hydroxyl groups is 1. The molecule has 0 radical (unpaired) electrons. The van der Waals surface area contributed by atoms with Crippen LogP contribution in [0.2, 0.25) is 5.02 Å². The highest BCUT2D eigenvalue weighted by molar-refractivity contribution is 6.31. The van der Waals surface area contributed by atoms with Crippen LogP contribution in [0, 0.1) is 0 Å². The molecule has 0 amide bonds. The minimum atomic E-state index is -0.0373. The number of phenols is 1. The number of hydrogen-bond acceptors (Lipinski definition) is 4. The Balaban J connectivity index is 1.80. The van der Waals surface area contributed by atoms with Gasteiger partial charge >= 0.3 is 0 Å². The molecule has 5 heteroatoms. The molecule has 1 N–H and O–H groups in total. The summed E-state index contributed by atoms with van der Waals surface area (Å²) >= 11 is 6.42. The summed E-state index contributed by atoms with van der Waals surface area (Å²) < 4.78 is 17.1. The number of ether oxygens (including phenoxy) is 3. The van der Waals surface area contributed by atoms with Crippen LogP contribution in [0.4, 0.5) is 0 Å². The van der Waals surface area contributed by atoms with Crippen molar-refractivity contribution in [3.05, 3.63) is 64.2 Å². The first-order valence-corrected chi connectivity index (χ1v) is 9.20. The van der Waals surface area contributed by atoms with Crippen LogP contribution in [-0.2, 0) is 20.6 Å². The number of hydrogen-bond donors (Lipinski definition) is 1. The molecule has 0 saturated carbocycles. The standard InChI is InChI=1S/C21H25ClO4/c1-24-13-19-11-18(25-2)12-21(26-19)15-5-8-20(22)16(10-15)9-14-3-6-17(23)7-4-14/h3-8,10,18-19,21,23H,9,11-13H2,1-2H3. The van der Waals surface area contributed by atoms with Gasteiger partial charge in [-0.25, -0.2) is 0 Å². The van der Waals surface area contributed by atoms with Crippen molar-refractivity contribution in [3.63, 3.8) is 0 Å². The summed E-state index contributed by atoms with van der Waals surface area (Å²) in [5.41, 5.74) is 3.24. The first-order valence-electron chi connectivity index (χ1n) is 8.82. The fraction of sp³-hybridized carbons (Fsp3) is 0.429. The summed E-state index contributed by atoms with van der Waals surface area (Å²) in [5, 5.41) is 10.2. The van der Waals surface area contributed by atoms with Gasteiger partial charge in [0.05, 0.1) is 24.9 Å². The maximum absolute atomic E-state index is 9.44. The molecule has 1 saturated heterocycles. The Labute approximate surface area is 159 Å². The minimum Gasteiger partial charge on any atom is -0.508 e. The molecule has 140 valence electrons. The van der Waals surface area contributed by atoms with Gasteiger partial charge in [-0.15, -0.1) is 0 Å². The van der Waals surface area contributed by atoms with Gasteiger partial charge in [0.2, 0.25) is 0 Å². The van der Waals surface area contributed by atoms with Gasteiger partial charge in [0.1, 0.15) is 5.75 Å². The zero-order valence-electron chi connectivity index (χ0n) is 15.2. The van der Waals surface area contributed by atoms with Crippen LogP contribution in [0.3, 0.4) is 0 Å². The second-order valence-electron chi connectivity index (χ2n) is 6.73. The highest BCUT2D eigenvalue weighted by Gasteiger charge is 2.30. The highest BCUT2D eigenvalue weighted by atomic mass is 35.5. The Kier molecular flexibility index (Phi) is 6.54. The molecule has 0 aliphatic carbocycles. The first-order chi connectivity index (χ1) is 12.6. The number of benzene rings is 2. The minimum absolute atomic E-state index is 0.0277. The quantitative estimate of drug-likeness (QED) is 0.805. The summed E-state index contributed by atoms with van der Waals surface area (Å²) in [7, 11) is 3.43. The van der Waals surface area contributed by atoms with Crippen LogP contribution >= 0.6 is 11.6 Å². The zero-order chi connectivity index (χ0) is 18.5. The molecule has 26 heavy (non-hydrogen) atoms. The first kappa shape index (κ1) is 19.2. The van der Waals surface area contributed by atoms with Crippen LogP contribution in [-0.4, -0.2) is 38.1 Å². The molecular formula is C21H25ClO4. The Morgan fingerprint density at radius 2 is 1.88 bits per heavy atom. The molecule has 1 aliphatic rings. The third-order valence-electron chi connectivity index (χ3n) is 4.82. The number of rotatable bonds is 6. The molecule has 3 unspecified atom stereocenters. The zero-order valence-corrected chi connectivity index (χ0v) is 15.9. The van der Waals surface area contributed by atoms with Crippen LogP contribution < -0.4 is 0 Å². The summed E-state index contributed by atoms with van der Waals surface area (Å²) in [5.74, 6) is 0.263. The lowest BCUT2D eigenvalue weighted by molar-refractivity contribution is -0.126. The maximum Gasteiger partial charge on any atom is 0.115 e. The highest BCUT2D eigenvalue weighted by Crippen LogP contribution is 2.35. The lowest BCUT2D eigenvalue weighted by atomic mass is 9.94. The molecule has 0 bridgehead atoms. The van der Waals surface area contributed by atoms with Gasteiger partial charge in [-0.1, -0.05) is 35.9 Å². The monoisotopic (exact) mass is 376 g/mol. The lowest BCUT2D eigenvalue weighted by Gasteiger charge is -2.35. The van der Waals surface area contributed by atoms with Crippen LogP contribution in [0.5, 0.6) is 5.75 Å². The van der Waals surface area contributed by atoms with E-state index in [-0.39, 0.29) is 24.1 Å². The lowest BCUT2D eigenvalue weighted by Crippen LogP contribution is -2.35. The molecule has 0 aromatic heterocycles. The second-order valence-corrected chi connectivity index (χ2v) is 7.13. The fourth-order valence-electron chi connectivity index (χ4n) is 3.44. The molecule has 0 spiro atoms. The molecule has 3 atom stereocenters. The van der Waals surface area contributed by atoms with E-state index in [1.54, 1.807) is 26.4 Å². The topological polar surface area (TPSA) is 47.9 Å². The van der Waals surface area contributed by atoms with E-state index in [9.17, 15) is 5.11 Å². The van der Waals surface area contributed by atoms with Crippen molar-refractivity contribution in [2.24, 2.45) is 0 Å². The smallest absolute Gasteiger partial charge is 0.115 e. The van der Waals surface area contributed by atoms with Gasteiger partial charge in [0, 0.05) is 32.1 Å². The Morgan fingerprint density at radius 1 is 1.12 bits per heavy atom. The van der Waals surface area contributed by atoms with Crippen molar-refractivity contribution in [2.75, 3.05) is 20.8 Å². The van der Waals surface area contributed by atoms with Gasteiger partial charge < -0.3 is 19.3 Å². The Bertz CT molecular complexity index is 716. The largest absolute Gasteiger partial charge is 0.508 e. The summed E-state index contributed by atoms with van der Waals surface area (Å²) in [6.45, 7) is 0.560. The van der Waals surface area contributed by atoms with Gasteiger partial charge in [0.15, 0.2) is 0 Å². The molecular weight excluding hydrogens is 352 g/mol. The fourth-order valence-corrected chi connectivity index (χ4v) is 3.62. The van der Waals surface area contributed by atoms with Crippen molar-refractivity contribution in [1.82, 2.24) is 0 Å². The summed E-state index contributed by atoms with van der Waals surface area (Å²) in [6.07, 6.45) is 2.51. The van der Waals surface area contributed by atoms with Crippen molar-refractivity contribution in [1.29, 1.82) is 0 Å². The van der Waals surface area contributed by atoms with E-state index in [4.69, 9.17) is 25.8 Å². The molecule has 2 aromatic rings. The van der Waals surface area contributed by atoms with E-state index in [0.29, 0.717) is 13.0 Å². The van der Waals surface area contributed by atoms with Gasteiger partial charge in [0.25, 0.3) is 0 Å². The Hall–Kier alpha value is -1.59. The molecule has 1 heterocycles. The van der Waals surface area contributed by atoms with Crippen molar-refractivity contribution in [2.45, 2.75) is 37.6 Å². The SMILES string of the molecule is COCC1CC(OC)CC(c2ccc(Cl)c(Cc3ccc(O)cc3)c2)O1. The normalized spacial score (nSPS) is 23.1. The van der Waals surface area contributed by atoms with Crippen LogP contribution in [0.25, 0.3) is 0 Å². The average molecular weight is 377 g/mol. The van der Waals surface area contributed by atoms with Crippen molar-refractivity contribution in [3.8, 4) is 5.75 Å². The van der Waals surface area contributed by atoms with Crippen molar-refractivity contribution < 1.29 is 19.3 Å². The van der Waals surface area contributed by atoms with E-state index in [0.717, 1.165) is 34.6 Å². The third kappa shape index (κ3) is 4.77. The number of phenolic OH excluding ortho intramolecular Hbond substituents is 1. The summed E-state index contributed by atoms with van der Waals surface area (Å²) in [4.78, 5) is 0. The molecule has 1 aliphatic heterocycles. The number of halogens is 1. The van der Waals surface area contributed by atoms with E-state index in [1.165, 1.54) is 0 Å². The average Bonchev–Trinajstić information content (AvgIpc) is 2.65. The van der Waals surface area contributed by atoms with E-state index >= 15 is 0 Å². The van der Waals surface area contributed by atoms with Crippen LogP contribution in [0.1, 0.15) is 35.6 Å². The molecule has 3 rings (SSSR count). The summed E-state index contributed by atoms with van der Waals surface area (Å²) in [6, 6.07) is 13.3.